The Kier molecular flexibility index (Phi) is 5.41. The van der Waals surface area contributed by atoms with Crippen molar-refractivity contribution >= 4 is 6.21 Å². The number of aliphatic imine (C=N–C) groups is 1. The first-order valence-corrected chi connectivity index (χ1v) is 7.43. The Morgan fingerprint density at radius 3 is 2.46 bits per heavy atom. The molecule has 0 aromatic heterocycles. The van der Waals surface area contributed by atoms with Crippen LogP contribution in [0.2, 0.25) is 0 Å². The van der Waals surface area contributed by atoms with E-state index in [9.17, 15) is 27.1 Å². The van der Waals surface area contributed by atoms with Gasteiger partial charge in [0, 0.05) is 11.8 Å². The third-order valence-corrected chi connectivity index (χ3v) is 3.90. The summed E-state index contributed by atoms with van der Waals surface area (Å²) in [6, 6.07) is 5.80. The van der Waals surface area contributed by atoms with Gasteiger partial charge in [-0.05, 0) is 18.6 Å². The number of halogens is 5. The number of hydrogen-bond donors (Lipinski definition) is 1. The molecule has 0 amide bonds. The van der Waals surface area contributed by atoms with E-state index in [1.165, 1.54) is 18.2 Å². The number of nitrogens with zero attached hydrogens (tertiary/aromatic N) is 1. The highest BCUT2D eigenvalue weighted by molar-refractivity contribution is 5.83. The summed E-state index contributed by atoms with van der Waals surface area (Å²) in [6.07, 6.45) is -1.50. The van der Waals surface area contributed by atoms with Gasteiger partial charge in [0.15, 0.2) is 35.0 Å². The number of alkyl halides is 1. The van der Waals surface area contributed by atoms with Crippen LogP contribution in [0.25, 0.3) is 0 Å². The maximum atomic E-state index is 14.4. The van der Waals surface area contributed by atoms with Gasteiger partial charge < -0.3 is 5.11 Å². The van der Waals surface area contributed by atoms with Crippen LogP contribution in [0.3, 0.4) is 0 Å². The van der Waals surface area contributed by atoms with Crippen molar-refractivity contribution in [2.75, 3.05) is 0 Å². The molecular formula is C17H16F5NO. The van der Waals surface area contributed by atoms with E-state index in [0.29, 0.717) is 6.42 Å². The SMILES string of the molecule is CCCCC1(/N=C/c2ccccc2O)C(F)=C(F)C(F)=C(F)C1F. The van der Waals surface area contributed by atoms with Crippen molar-refractivity contribution < 1.29 is 27.1 Å². The molecule has 2 nitrogen and oxygen atoms in total. The monoisotopic (exact) mass is 345 g/mol. The lowest BCUT2D eigenvalue weighted by Gasteiger charge is -2.33. The number of phenolic OH excluding ortho intramolecular Hbond substituents is 1. The molecule has 1 N–H and O–H groups in total. The molecule has 2 rings (SSSR count). The third kappa shape index (κ3) is 3.07. The molecule has 1 aromatic carbocycles. The third-order valence-electron chi connectivity index (χ3n) is 3.90. The lowest BCUT2D eigenvalue weighted by atomic mass is 9.82. The van der Waals surface area contributed by atoms with Crippen LogP contribution in [0.4, 0.5) is 22.0 Å². The fraction of sp³-hybridized carbons (Fsp3) is 0.353. The summed E-state index contributed by atoms with van der Waals surface area (Å²) in [7, 11) is 0. The Morgan fingerprint density at radius 1 is 1.17 bits per heavy atom. The molecule has 2 unspecified atom stereocenters. The van der Waals surface area contributed by atoms with E-state index in [1.54, 1.807) is 13.0 Å². The van der Waals surface area contributed by atoms with Gasteiger partial charge in [-0.2, -0.15) is 0 Å². The van der Waals surface area contributed by atoms with E-state index < -0.39 is 35.0 Å². The molecule has 0 fully saturated rings. The predicted molar refractivity (Wildman–Crippen MR) is 81.3 cm³/mol. The molecule has 0 aliphatic heterocycles. The first kappa shape index (κ1) is 18.2. The molecule has 1 aliphatic carbocycles. The topological polar surface area (TPSA) is 32.6 Å². The minimum Gasteiger partial charge on any atom is -0.507 e. The predicted octanol–water partition coefficient (Wildman–Crippen LogP) is 5.39. The Hall–Kier alpha value is -2.18. The zero-order valence-corrected chi connectivity index (χ0v) is 12.9. The van der Waals surface area contributed by atoms with Gasteiger partial charge in [-0.3, -0.25) is 4.99 Å². The average Bonchev–Trinajstić information content (AvgIpc) is 2.59. The first-order valence-electron chi connectivity index (χ1n) is 7.43. The summed E-state index contributed by atoms with van der Waals surface area (Å²) >= 11 is 0. The zero-order valence-electron chi connectivity index (χ0n) is 12.9. The van der Waals surface area contributed by atoms with Crippen molar-refractivity contribution in [1.29, 1.82) is 0 Å². The summed E-state index contributed by atoms with van der Waals surface area (Å²) in [5.41, 5.74) is -2.41. The Morgan fingerprint density at radius 2 is 1.83 bits per heavy atom. The molecule has 0 saturated carbocycles. The lowest BCUT2D eigenvalue weighted by Crippen LogP contribution is -2.42. The highest BCUT2D eigenvalue weighted by Gasteiger charge is 2.52. The number of aromatic hydroxyl groups is 1. The van der Waals surface area contributed by atoms with Crippen LogP contribution in [0.15, 0.2) is 52.6 Å². The smallest absolute Gasteiger partial charge is 0.196 e. The van der Waals surface area contributed by atoms with Gasteiger partial charge in [-0.1, -0.05) is 31.9 Å². The van der Waals surface area contributed by atoms with Crippen molar-refractivity contribution in [2.45, 2.75) is 37.9 Å². The summed E-state index contributed by atoms with van der Waals surface area (Å²) in [6.45, 7) is 1.72. The Balaban J connectivity index is 2.53. The average molecular weight is 345 g/mol. The number of rotatable bonds is 5. The Bertz CT molecular complexity index is 713. The van der Waals surface area contributed by atoms with Crippen LogP contribution in [-0.2, 0) is 0 Å². The number of para-hydroxylation sites is 1. The van der Waals surface area contributed by atoms with E-state index in [4.69, 9.17) is 0 Å². The molecule has 7 heteroatoms. The molecule has 24 heavy (non-hydrogen) atoms. The molecule has 0 spiro atoms. The fourth-order valence-electron chi connectivity index (χ4n) is 2.47. The molecule has 0 saturated heterocycles. The number of benzene rings is 1. The second-order valence-corrected chi connectivity index (χ2v) is 5.50. The van der Waals surface area contributed by atoms with Gasteiger partial charge >= 0.3 is 0 Å². The van der Waals surface area contributed by atoms with Gasteiger partial charge in [0.1, 0.15) is 5.75 Å². The largest absolute Gasteiger partial charge is 0.507 e. The molecule has 0 radical (unpaired) electrons. The van der Waals surface area contributed by atoms with Crippen LogP contribution in [-0.4, -0.2) is 23.0 Å². The minimum absolute atomic E-state index is 0.115. The molecule has 1 aromatic rings. The molecular weight excluding hydrogens is 329 g/mol. The summed E-state index contributed by atoms with van der Waals surface area (Å²) in [5, 5.41) is 9.67. The van der Waals surface area contributed by atoms with E-state index in [0.717, 1.165) is 6.21 Å². The minimum atomic E-state index is -2.79. The molecule has 0 heterocycles. The van der Waals surface area contributed by atoms with Crippen LogP contribution in [0.1, 0.15) is 31.7 Å². The van der Waals surface area contributed by atoms with Crippen molar-refractivity contribution in [2.24, 2.45) is 4.99 Å². The van der Waals surface area contributed by atoms with Gasteiger partial charge in [-0.25, -0.2) is 22.0 Å². The maximum absolute atomic E-state index is 14.4. The van der Waals surface area contributed by atoms with Crippen molar-refractivity contribution in [3.05, 3.63) is 53.1 Å². The number of hydrogen-bond acceptors (Lipinski definition) is 2. The molecule has 0 bridgehead atoms. The highest BCUT2D eigenvalue weighted by Crippen LogP contribution is 2.46. The van der Waals surface area contributed by atoms with E-state index in [-0.39, 0.29) is 24.2 Å². The number of allylic oxidation sites excluding steroid dienone is 2. The lowest BCUT2D eigenvalue weighted by molar-refractivity contribution is 0.165. The standard InChI is InChI=1S/C17H16F5NO/c1-2-3-8-17(23-9-10-6-4-5-7-11(10)24)15(21)13(19)12(18)14(20)16(17)22/h4-7,9,15,24H,2-3,8H2,1H3/b23-9+. The van der Waals surface area contributed by atoms with Crippen LogP contribution >= 0.6 is 0 Å². The summed E-state index contributed by atoms with van der Waals surface area (Å²) in [5.74, 6) is -8.27. The van der Waals surface area contributed by atoms with Crippen molar-refractivity contribution in [3.63, 3.8) is 0 Å². The molecule has 2 atom stereocenters. The second kappa shape index (κ2) is 7.15. The Labute approximate surface area is 136 Å². The fourth-order valence-corrected chi connectivity index (χ4v) is 2.47. The summed E-state index contributed by atoms with van der Waals surface area (Å²) < 4.78 is 69.4. The highest BCUT2D eigenvalue weighted by atomic mass is 19.2. The second-order valence-electron chi connectivity index (χ2n) is 5.50. The summed E-state index contributed by atoms with van der Waals surface area (Å²) in [4.78, 5) is 3.71. The van der Waals surface area contributed by atoms with E-state index >= 15 is 0 Å². The van der Waals surface area contributed by atoms with Gasteiger partial charge in [-0.15, -0.1) is 0 Å². The van der Waals surface area contributed by atoms with Crippen LogP contribution in [0.5, 0.6) is 5.75 Å². The van der Waals surface area contributed by atoms with Gasteiger partial charge in [0.25, 0.3) is 0 Å². The quantitative estimate of drug-likeness (QED) is 0.563. The first-order chi connectivity index (χ1) is 11.3. The maximum Gasteiger partial charge on any atom is 0.196 e. The van der Waals surface area contributed by atoms with Gasteiger partial charge in [0.2, 0.25) is 0 Å². The van der Waals surface area contributed by atoms with Crippen LogP contribution < -0.4 is 0 Å². The molecule has 130 valence electrons. The van der Waals surface area contributed by atoms with Crippen molar-refractivity contribution in [3.8, 4) is 5.75 Å². The van der Waals surface area contributed by atoms with Crippen LogP contribution in [0, 0.1) is 0 Å². The van der Waals surface area contributed by atoms with Gasteiger partial charge in [0.05, 0.1) is 0 Å². The van der Waals surface area contributed by atoms with E-state index in [1.807, 2.05) is 0 Å². The zero-order chi connectivity index (χ0) is 17.9. The number of phenols is 1. The van der Waals surface area contributed by atoms with Crippen molar-refractivity contribution in [1.82, 2.24) is 0 Å². The van der Waals surface area contributed by atoms with E-state index in [2.05, 4.69) is 4.99 Å². The normalized spacial score (nSPS) is 25.0. The molecule has 1 aliphatic rings. The number of unbranched alkanes of at least 4 members (excludes halogenated alkanes) is 1.